The molecule has 0 aliphatic rings. The van der Waals surface area contributed by atoms with Crippen LogP contribution in [0.25, 0.3) is 6.08 Å². The first-order valence-electron chi connectivity index (χ1n) is 4.47. The minimum Gasteiger partial charge on any atom is -0.375 e. The second kappa shape index (κ2) is 6.32. The smallest absolute Gasteiger partial charge is 0.184 e. The van der Waals surface area contributed by atoms with Gasteiger partial charge in [-0.1, -0.05) is 18.2 Å². The van der Waals surface area contributed by atoms with Crippen LogP contribution in [0.2, 0.25) is 0 Å². The molecule has 0 fully saturated rings. The fourth-order valence-corrected chi connectivity index (χ4v) is 1.06. The highest BCUT2D eigenvalue weighted by atomic mass is 32.1. The Morgan fingerprint density at radius 2 is 2.38 bits per heavy atom. The van der Waals surface area contributed by atoms with Crippen LogP contribution in [0.15, 0.2) is 35.4 Å². The minimum atomic E-state index is 0.121. The number of hydrogen-bond donors (Lipinski definition) is 2. The molecule has 0 atom stereocenters. The number of nitrogens with two attached hydrogens (primary N) is 1. The molecule has 0 radical (unpaired) electrons. The fourth-order valence-electron chi connectivity index (χ4n) is 1.01. The van der Waals surface area contributed by atoms with Gasteiger partial charge in [0.05, 0.1) is 11.6 Å². The average Bonchev–Trinajstić information content (AvgIpc) is 2.28. The van der Waals surface area contributed by atoms with E-state index >= 15 is 0 Å². The van der Waals surface area contributed by atoms with Crippen LogP contribution in [-0.4, -0.2) is 11.3 Å². The van der Waals surface area contributed by atoms with E-state index in [9.17, 15) is 0 Å². The quantitative estimate of drug-likeness (QED) is 0.467. The van der Waals surface area contributed by atoms with Crippen LogP contribution in [0.3, 0.4) is 0 Å². The zero-order chi connectivity index (χ0) is 11.8. The standard InChI is InChI=1S/C11H10N4S/c12-8-10-4-1-3-9(7-10)5-2-6-14-15-11(13)16/h1-7H,(H3,13,15,16). The van der Waals surface area contributed by atoms with Gasteiger partial charge >= 0.3 is 0 Å². The normalized spacial score (nSPS) is 10.4. The minimum absolute atomic E-state index is 0.121. The summed E-state index contributed by atoms with van der Waals surface area (Å²) in [4.78, 5) is 0. The molecule has 1 aromatic rings. The van der Waals surface area contributed by atoms with Gasteiger partial charge in [-0.15, -0.1) is 0 Å². The highest BCUT2D eigenvalue weighted by molar-refractivity contribution is 7.80. The summed E-state index contributed by atoms with van der Waals surface area (Å²) >= 11 is 4.56. The average molecular weight is 230 g/mol. The lowest BCUT2D eigenvalue weighted by molar-refractivity contribution is 1.04. The van der Waals surface area contributed by atoms with Crippen molar-refractivity contribution in [3.05, 3.63) is 41.5 Å². The van der Waals surface area contributed by atoms with Crippen molar-refractivity contribution in [2.45, 2.75) is 0 Å². The van der Waals surface area contributed by atoms with Crippen molar-refractivity contribution in [1.82, 2.24) is 5.43 Å². The second-order valence-corrected chi connectivity index (χ2v) is 3.29. The first kappa shape index (κ1) is 11.9. The lowest BCUT2D eigenvalue weighted by Gasteiger charge is -1.93. The highest BCUT2D eigenvalue weighted by Crippen LogP contribution is 2.05. The summed E-state index contributed by atoms with van der Waals surface area (Å²) < 4.78 is 0. The van der Waals surface area contributed by atoms with Gasteiger partial charge in [-0.05, 0) is 36.0 Å². The van der Waals surface area contributed by atoms with Crippen LogP contribution < -0.4 is 11.2 Å². The van der Waals surface area contributed by atoms with Crippen molar-refractivity contribution < 1.29 is 0 Å². The molecule has 0 aromatic heterocycles. The van der Waals surface area contributed by atoms with Gasteiger partial charge in [0.2, 0.25) is 0 Å². The first-order valence-corrected chi connectivity index (χ1v) is 4.88. The molecule has 3 N–H and O–H groups in total. The molecule has 0 heterocycles. The third-order valence-electron chi connectivity index (χ3n) is 1.64. The molecule has 5 heteroatoms. The molecule has 16 heavy (non-hydrogen) atoms. The van der Waals surface area contributed by atoms with Gasteiger partial charge in [-0.2, -0.15) is 10.4 Å². The molecule has 4 nitrogen and oxygen atoms in total. The van der Waals surface area contributed by atoms with E-state index in [1.807, 2.05) is 18.2 Å². The van der Waals surface area contributed by atoms with Crippen LogP contribution in [0.4, 0.5) is 0 Å². The van der Waals surface area contributed by atoms with Crippen LogP contribution in [-0.2, 0) is 0 Å². The van der Waals surface area contributed by atoms with Gasteiger partial charge in [0, 0.05) is 6.21 Å². The summed E-state index contributed by atoms with van der Waals surface area (Å²) in [6.07, 6.45) is 5.07. The summed E-state index contributed by atoms with van der Waals surface area (Å²) in [5, 5.41) is 12.6. The van der Waals surface area contributed by atoms with Crippen molar-refractivity contribution in [1.29, 1.82) is 5.26 Å². The van der Waals surface area contributed by atoms with E-state index < -0.39 is 0 Å². The maximum Gasteiger partial charge on any atom is 0.184 e. The third kappa shape index (κ3) is 4.35. The molecule has 80 valence electrons. The number of thiocarbonyl (C=S) groups is 1. The molecule has 0 spiro atoms. The zero-order valence-corrected chi connectivity index (χ0v) is 9.24. The molecule has 0 bridgehead atoms. The van der Waals surface area contributed by atoms with Gasteiger partial charge < -0.3 is 5.73 Å². The predicted octanol–water partition coefficient (Wildman–Crippen LogP) is 1.39. The number of nitrogens with one attached hydrogen (secondary N) is 1. The Morgan fingerprint density at radius 1 is 1.56 bits per heavy atom. The van der Waals surface area contributed by atoms with Gasteiger partial charge in [-0.25, -0.2) is 0 Å². The molecule has 0 aliphatic heterocycles. The number of nitriles is 1. The number of hydrogen-bond acceptors (Lipinski definition) is 3. The molecule has 0 unspecified atom stereocenters. The number of rotatable bonds is 3. The number of allylic oxidation sites excluding steroid dienone is 1. The zero-order valence-electron chi connectivity index (χ0n) is 8.42. The third-order valence-corrected chi connectivity index (χ3v) is 1.73. The topological polar surface area (TPSA) is 74.2 Å². The predicted molar refractivity (Wildman–Crippen MR) is 68.6 cm³/mol. The summed E-state index contributed by atoms with van der Waals surface area (Å²) in [6, 6.07) is 9.32. The Bertz CT molecular complexity index is 471. The van der Waals surface area contributed by atoms with Crippen molar-refractivity contribution in [3.63, 3.8) is 0 Å². The number of hydrazone groups is 1. The van der Waals surface area contributed by atoms with Gasteiger partial charge in [0.15, 0.2) is 5.11 Å². The largest absolute Gasteiger partial charge is 0.375 e. The first-order chi connectivity index (χ1) is 7.72. The van der Waals surface area contributed by atoms with E-state index in [1.165, 1.54) is 6.21 Å². The van der Waals surface area contributed by atoms with Crippen molar-refractivity contribution in [3.8, 4) is 6.07 Å². The number of benzene rings is 1. The summed E-state index contributed by atoms with van der Waals surface area (Å²) in [6.45, 7) is 0. The Kier molecular flexibility index (Phi) is 4.70. The van der Waals surface area contributed by atoms with E-state index in [1.54, 1.807) is 18.2 Å². The van der Waals surface area contributed by atoms with Crippen molar-refractivity contribution in [2.24, 2.45) is 10.8 Å². The van der Waals surface area contributed by atoms with Crippen LogP contribution in [0, 0.1) is 11.3 Å². The molecule has 0 amide bonds. The molecule has 0 aliphatic carbocycles. The maximum absolute atomic E-state index is 8.69. The summed E-state index contributed by atoms with van der Waals surface area (Å²) in [5.74, 6) is 0. The van der Waals surface area contributed by atoms with Gasteiger partial charge in [0.25, 0.3) is 0 Å². The molecular formula is C11H10N4S. The van der Waals surface area contributed by atoms with E-state index in [2.05, 4.69) is 28.8 Å². The van der Waals surface area contributed by atoms with Crippen LogP contribution >= 0.6 is 12.2 Å². The SMILES string of the molecule is N#Cc1cccc(C=CC=NNC(N)=S)c1. The highest BCUT2D eigenvalue weighted by Gasteiger charge is 1.89. The van der Waals surface area contributed by atoms with Crippen LogP contribution in [0.5, 0.6) is 0 Å². The van der Waals surface area contributed by atoms with E-state index in [0.717, 1.165) is 5.56 Å². The Hall–Kier alpha value is -2.19. The van der Waals surface area contributed by atoms with E-state index in [-0.39, 0.29) is 5.11 Å². The Morgan fingerprint density at radius 3 is 3.06 bits per heavy atom. The monoisotopic (exact) mass is 230 g/mol. The van der Waals surface area contributed by atoms with Crippen molar-refractivity contribution >= 4 is 29.6 Å². The summed E-state index contributed by atoms with van der Waals surface area (Å²) in [5.41, 5.74) is 9.16. The van der Waals surface area contributed by atoms with Crippen LogP contribution in [0.1, 0.15) is 11.1 Å². The van der Waals surface area contributed by atoms with E-state index in [0.29, 0.717) is 5.56 Å². The molecule has 0 saturated heterocycles. The number of nitrogens with zero attached hydrogens (tertiary/aromatic N) is 2. The summed E-state index contributed by atoms with van der Waals surface area (Å²) in [7, 11) is 0. The Balaban J connectivity index is 2.59. The molecule has 1 aromatic carbocycles. The molecule has 0 saturated carbocycles. The van der Waals surface area contributed by atoms with E-state index in [4.69, 9.17) is 11.0 Å². The lowest BCUT2D eigenvalue weighted by atomic mass is 10.1. The Labute approximate surface area is 99.1 Å². The van der Waals surface area contributed by atoms with Gasteiger partial charge in [-0.3, -0.25) is 5.43 Å². The molecular weight excluding hydrogens is 220 g/mol. The van der Waals surface area contributed by atoms with Gasteiger partial charge in [0.1, 0.15) is 0 Å². The molecule has 1 rings (SSSR count). The lowest BCUT2D eigenvalue weighted by Crippen LogP contribution is -2.23. The second-order valence-electron chi connectivity index (χ2n) is 2.85. The van der Waals surface area contributed by atoms with Crippen molar-refractivity contribution in [2.75, 3.05) is 0 Å². The fraction of sp³-hybridized carbons (Fsp3) is 0. The maximum atomic E-state index is 8.69.